The first-order chi connectivity index (χ1) is 16.9. The summed E-state index contributed by atoms with van der Waals surface area (Å²) in [5, 5.41) is 2.83. The normalized spacial score (nSPS) is 12.3. The van der Waals surface area contributed by atoms with E-state index in [9.17, 15) is 22.4 Å². The molecule has 0 saturated heterocycles. The monoisotopic (exact) mass is 519 g/mol. The van der Waals surface area contributed by atoms with E-state index in [1.807, 2.05) is 32.9 Å². The molecule has 2 aromatic carbocycles. The Bertz CT molecular complexity index is 1120. The maximum absolute atomic E-state index is 14.4. The van der Waals surface area contributed by atoms with E-state index in [2.05, 4.69) is 5.32 Å². The second-order valence-electron chi connectivity index (χ2n) is 9.39. The van der Waals surface area contributed by atoms with E-state index < -0.39 is 21.9 Å². The van der Waals surface area contributed by atoms with Gasteiger partial charge in [0.05, 0.1) is 11.9 Å². The van der Waals surface area contributed by atoms with Crippen molar-refractivity contribution in [3.05, 3.63) is 65.5 Å². The highest BCUT2D eigenvalue weighted by atomic mass is 32.2. The Kier molecular flexibility index (Phi) is 10.9. The third-order valence-electron chi connectivity index (χ3n) is 5.94. The van der Waals surface area contributed by atoms with E-state index in [1.54, 1.807) is 37.3 Å². The number of benzene rings is 2. The minimum Gasteiger partial charge on any atom is -0.354 e. The van der Waals surface area contributed by atoms with Gasteiger partial charge in [-0.15, -0.1) is 0 Å². The molecular formula is C27H38FN3O4S. The number of halogens is 1. The van der Waals surface area contributed by atoms with Crippen molar-refractivity contribution in [2.24, 2.45) is 5.92 Å². The Morgan fingerprint density at radius 1 is 1.03 bits per heavy atom. The topological polar surface area (TPSA) is 86.8 Å². The molecule has 9 heteroatoms. The van der Waals surface area contributed by atoms with E-state index in [-0.39, 0.29) is 43.7 Å². The van der Waals surface area contributed by atoms with E-state index >= 15 is 0 Å². The van der Waals surface area contributed by atoms with Crippen LogP contribution in [0.3, 0.4) is 0 Å². The molecule has 0 heterocycles. The second kappa shape index (κ2) is 13.4. The molecule has 0 spiro atoms. The van der Waals surface area contributed by atoms with Gasteiger partial charge in [-0.3, -0.25) is 13.9 Å². The fraction of sp³-hybridized carbons (Fsp3) is 0.481. The summed E-state index contributed by atoms with van der Waals surface area (Å²) in [6.45, 7) is 8.09. The van der Waals surface area contributed by atoms with Gasteiger partial charge in [0.2, 0.25) is 21.8 Å². The van der Waals surface area contributed by atoms with E-state index in [0.29, 0.717) is 17.8 Å². The van der Waals surface area contributed by atoms with Crippen LogP contribution in [0, 0.1) is 11.7 Å². The lowest BCUT2D eigenvalue weighted by molar-refractivity contribution is -0.140. The van der Waals surface area contributed by atoms with Crippen molar-refractivity contribution in [1.82, 2.24) is 10.2 Å². The Morgan fingerprint density at radius 3 is 2.22 bits per heavy atom. The molecule has 0 aliphatic carbocycles. The minimum absolute atomic E-state index is 0.00924. The summed E-state index contributed by atoms with van der Waals surface area (Å²) in [5.74, 6) is -0.878. The van der Waals surface area contributed by atoms with E-state index in [1.165, 1.54) is 15.3 Å². The lowest BCUT2D eigenvalue weighted by Gasteiger charge is -2.29. The van der Waals surface area contributed by atoms with E-state index in [0.717, 1.165) is 18.2 Å². The number of carbonyl (C=O) groups is 2. The summed E-state index contributed by atoms with van der Waals surface area (Å²) < 4.78 is 40.5. The van der Waals surface area contributed by atoms with Crippen LogP contribution < -0.4 is 9.62 Å². The predicted molar refractivity (Wildman–Crippen MR) is 142 cm³/mol. The first-order valence-corrected chi connectivity index (χ1v) is 14.2. The summed E-state index contributed by atoms with van der Waals surface area (Å²) in [5.41, 5.74) is 1.94. The zero-order chi connectivity index (χ0) is 26.9. The molecule has 0 radical (unpaired) electrons. The number of hydrogen-bond acceptors (Lipinski definition) is 4. The van der Waals surface area contributed by atoms with Crippen LogP contribution in [0.2, 0.25) is 0 Å². The molecule has 0 unspecified atom stereocenters. The number of rotatable bonds is 13. The first-order valence-electron chi connectivity index (χ1n) is 12.3. The highest BCUT2D eigenvalue weighted by molar-refractivity contribution is 7.92. The highest BCUT2D eigenvalue weighted by Gasteiger charge is 2.27. The molecule has 1 N–H and O–H groups in total. The molecule has 7 nitrogen and oxygen atoms in total. The van der Waals surface area contributed by atoms with Crippen molar-refractivity contribution < 1.29 is 22.4 Å². The fourth-order valence-electron chi connectivity index (χ4n) is 3.75. The van der Waals surface area contributed by atoms with Gasteiger partial charge < -0.3 is 10.2 Å². The summed E-state index contributed by atoms with van der Waals surface area (Å²) in [6.07, 6.45) is 2.23. The Hall–Kier alpha value is -2.94. The third-order valence-corrected chi connectivity index (χ3v) is 7.13. The Morgan fingerprint density at radius 2 is 1.67 bits per heavy atom. The average molecular weight is 520 g/mol. The van der Waals surface area contributed by atoms with Gasteiger partial charge in [0.1, 0.15) is 11.9 Å². The quantitative estimate of drug-likeness (QED) is 0.431. The predicted octanol–water partition coefficient (Wildman–Crippen LogP) is 4.12. The van der Waals surface area contributed by atoms with Gasteiger partial charge in [0, 0.05) is 31.6 Å². The number of aryl methyl sites for hydroxylation is 1. The smallest absolute Gasteiger partial charge is 0.242 e. The van der Waals surface area contributed by atoms with Crippen LogP contribution in [-0.4, -0.2) is 50.5 Å². The van der Waals surface area contributed by atoms with Crippen molar-refractivity contribution in [2.45, 2.75) is 59.5 Å². The van der Waals surface area contributed by atoms with Gasteiger partial charge in [-0.2, -0.15) is 0 Å². The van der Waals surface area contributed by atoms with Gasteiger partial charge in [-0.1, -0.05) is 51.1 Å². The molecule has 2 amide bonds. The minimum atomic E-state index is -3.56. The molecular weight excluding hydrogens is 481 g/mol. The molecule has 0 saturated carbocycles. The summed E-state index contributed by atoms with van der Waals surface area (Å²) >= 11 is 0. The molecule has 1 atom stereocenters. The zero-order valence-electron chi connectivity index (χ0n) is 21.8. The summed E-state index contributed by atoms with van der Waals surface area (Å²) in [7, 11) is -3.56. The van der Waals surface area contributed by atoms with Gasteiger partial charge >= 0.3 is 0 Å². The van der Waals surface area contributed by atoms with Crippen molar-refractivity contribution in [1.29, 1.82) is 0 Å². The van der Waals surface area contributed by atoms with Gasteiger partial charge in [-0.25, -0.2) is 12.8 Å². The zero-order valence-corrected chi connectivity index (χ0v) is 22.6. The third kappa shape index (κ3) is 8.62. The van der Waals surface area contributed by atoms with E-state index in [4.69, 9.17) is 0 Å². The molecule has 36 heavy (non-hydrogen) atoms. The van der Waals surface area contributed by atoms with Gasteiger partial charge in [0.15, 0.2) is 0 Å². The average Bonchev–Trinajstić information content (AvgIpc) is 2.83. The van der Waals surface area contributed by atoms with Gasteiger partial charge in [-0.05, 0) is 49.4 Å². The standard InChI is InChI=1S/C27H38FN3O4S/c1-6-22-13-15-24(16-14-22)31(36(5,34)35)17-9-12-26(32)30(19-23-10-7-8-11-25(23)28)21(4)27(33)29-18-20(2)3/h7-8,10-11,13-16,20-21H,6,9,12,17-19H2,1-5H3,(H,29,33)/t21-/m1/s1. The van der Waals surface area contributed by atoms with Crippen molar-refractivity contribution in [3.8, 4) is 0 Å². The largest absolute Gasteiger partial charge is 0.354 e. The highest BCUT2D eigenvalue weighted by Crippen LogP contribution is 2.20. The number of nitrogens with zero attached hydrogens (tertiary/aromatic N) is 2. The van der Waals surface area contributed by atoms with Crippen molar-refractivity contribution >= 4 is 27.5 Å². The fourth-order valence-corrected chi connectivity index (χ4v) is 4.71. The number of anilines is 1. The SMILES string of the molecule is CCc1ccc(N(CCCC(=O)N(Cc2ccccc2F)[C@H](C)C(=O)NCC(C)C)S(C)(=O)=O)cc1. The maximum Gasteiger partial charge on any atom is 0.242 e. The lowest BCUT2D eigenvalue weighted by atomic mass is 10.1. The number of nitrogens with one attached hydrogen (secondary N) is 1. The van der Waals surface area contributed by atoms with Crippen LogP contribution in [0.25, 0.3) is 0 Å². The second-order valence-corrected chi connectivity index (χ2v) is 11.3. The lowest BCUT2D eigenvalue weighted by Crippen LogP contribution is -2.48. The molecule has 198 valence electrons. The molecule has 0 aliphatic rings. The number of hydrogen-bond donors (Lipinski definition) is 1. The summed E-state index contributed by atoms with van der Waals surface area (Å²) in [4.78, 5) is 27.3. The van der Waals surface area contributed by atoms with Crippen molar-refractivity contribution in [2.75, 3.05) is 23.7 Å². The maximum atomic E-state index is 14.4. The molecule has 0 aliphatic heterocycles. The summed E-state index contributed by atoms with van der Waals surface area (Å²) in [6, 6.07) is 12.6. The molecule has 2 aromatic rings. The number of sulfonamides is 1. The molecule has 0 bridgehead atoms. The molecule has 2 rings (SSSR count). The molecule has 0 aromatic heterocycles. The van der Waals surface area contributed by atoms with Crippen LogP contribution in [-0.2, 0) is 32.6 Å². The molecule has 0 fully saturated rings. The van der Waals surface area contributed by atoms with Crippen molar-refractivity contribution in [3.63, 3.8) is 0 Å². The van der Waals surface area contributed by atoms with Crippen LogP contribution in [0.15, 0.2) is 48.5 Å². The van der Waals surface area contributed by atoms with Gasteiger partial charge in [0.25, 0.3) is 0 Å². The Labute approximate surface area is 214 Å². The van der Waals surface area contributed by atoms with Crippen LogP contribution in [0.1, 0.15) is 51.7 Å². The van der Waals surface area contributed by atoms with Crippen LogP contribution in [0.4, 0.5) is 10.1 Å². The number of carbonyl (C=O) groups excluding carboxylic acids is 2. The van der Waals surface area contributed by atoms with Crippen LogP contribution >= 0.6 is 0 Å². The number of amides is 2. The van der Waals surface area contributed by atoms with Crippen LogP contribution in [0.5, 0.6) is 0 Å². The first kappa shape index (κ1) is 29.3. The Balaban J connectivity index is 2.16.